The van der Waals surface area contributed by atoms with Gasteiger partial charge in [0.05, 0.1) is 19.3 Å². The number of ether oxygens (including phenoxy) is 1. The van der Waals surface area contributed by atoms with E-state index in [1.807, 2.05) is 6.92 Å². The van der Waals surface area contributed by atoms with Crippen LogP contribution in [-0.2, 0) is 4.79 Å². The number of primary amides is 1. The second-order valence-corrected chi connectivity index (χ2v) is 3.25. The summed E-state index contributed by atoms with van der Waals surface area (Å²) >= 11 is 0. The lowest BCUT2D eigenvalue weighted by atomic mass is 10.3. The molecule has 1 heterocycles. The third-order valence-electron chi connectivity index (χ3n) is 2.12. The van der Waals surface area contributed by atoms with Gasteiger partial charge in [0.15, 0.2) is 0 Å². The molecule has 1 aromatic heterocycles. The Labute approximate surface area is 94.2 Å². The number of hydrogen-bond donors (Lipinski definition) is 2. The molecule has 1 rings (SSSR count). The lowest BCUT2D eigenvalue weighted by molar-refractivity contribution is -0.116. The normalized spacial score (nSPS) is 9.88. The predicted octanol–water partition coefficient (Wildman–Crippen LogP) is -0.0160. The van der Waals surface area contributed by atoms with Gasteiger partial charge in [0.2, 0.25) is 11.8 Å². The molecule has 16 heavy (non-hydrogen) atoms. The number of hydrogen-bond acceptors (Lipinski definition) is 5. The Morgan fingerprint density at radius 2 is 2.25 bits per heavy atom. The van der Waals surface area contributed by atoms with Gasteiger partial charge in [-0.25, -0.2) is 0 Å². The molecule has 88 valence electrons. The number of amides is 1. The molecule has 0 aliphatic carbocycles. The van der Waals surface area contributed by atoms with Crippen LogP contribution in [0, 0.1) is 0 Å². The van der Waals surface area contributed by atoms with Crippen molar-refractivity contribution in [2.24, 2.45) is 5.73 Å². The van der Waals surface area contributed by atoms with Crippen LogP contribution in [0.1, 0.15) is 6.92 Å². The van der Waals surface area contributed by atoms with Crippen molar-refractivity contribution in [1.82, 2.24) is 4.98 Å². The highest BCUT2D eigenvalue weighted by atomic mass is 16.5. The molecule has 0 saturated heterocycles. The molecule has 6 nitrogen and oxygen atoms in total. The molecule has 0 aliphatic heterocycles. The summed E-state index contributed by atoms with van der Waals surface area (Å²) in [5, 5.41) is 0. The molecule has 0 radical (unpaired) electrons. The number of nitrogen functional groups attached to an aromatic ring is 1. The van der Waals surface area contributed by atoms with Crippen molar-refractivity contribution in [2.45, 2.75) is 6.92 Å². The maximum absolute atomic E-state index is 10.9. The summed E-state index contributed by atoms with van der Waals surface area (Å²) in [5.74, 6) is 0.562. The highest BCUT2D eigenvalue weighted by Crippen LogP contribution is 2.22. The van der Waals surface area contributed by atoms with E-state index in [9.17, 15) is 4.79 Å². The molecule has 0 fully saturated rings. The zero-order valence-corrected chi connectivity index (χ0v) is 9.43. The average molecular weight is 224 g/mol. The Bertz CT molecular complexity index is 381. The standard InChI is InChI=1S/C10H16N4O2/c1-3-14(6-8(12)15)9-5-4-7(11)10(13-9)16-2/h4-5H,3,6,11H2,1-2H3,(H2,12,15). The zero-order chi connectivity index (χ0) is 12.1. The van der Waals surface area contributed by atoms with Gasteiger partial charge in [-0.2, -0.15) is 4.98 Å². The Kier molecular flexibility index (Phi) is 3.93. The fourth-order valence-corrected chi connectivity index (χ4v) is 1.32. The lowest BCUT2D eigenvalue weighted by Gasteiger charge is -2.20. The van der Waals surface area contributed by atoms with Gasteiger partial charge in [0.25, 0.3) is 0 Å². The molecular formula is C10H16N4O2. The molecule has 0 aromatic carbocycles. The number of aromatic nitrogens is 1. The highest BCUT2D eigenvalue weighted by Gasteiger charge is 2.11. The molecule has 0 bridgehead atoms. The Morgan fingerprint density at radius 3 is 2.75 bits per heavy atom. The first kappa shape index (κ1) is 12.1. The van der Waals surface area contributed by atoms with Gasteiger partial charge in [-0.1, -0.05) is 0 Å². The van der Waals surface area contributed by atoms with Crippen LogP contribution in [0.5, 0.6) is 5.88 Å². The maximum atomic E-state index is 10.9. The third-order valence-corrected chi connectivity index (χ3v) is 2.12. The van der Waals surface area contributed by atoms with Crippen molar-refractivity contribution >= 4 is 17.4 Å². The van der Waals surface area contributed by atoms with Crippen LogP contribution in [-0.4, -0.2) is 31.1 Å². The summed E-state index contributed by atoms with van der Waals surface area (Å²) in [6.45, 7) is 2.66. The minimum Gasteiger partial charge on any atom is -0.479 e. The molecule has 1 amide bonds. The first-order valence-electron chi connectivity index (χ1n) is 4.92. The second-order valence-electron chi connectivity index (χ2n) is 3.25. The topological polar surface area (TPSA) is 94.5 Å². The number of carbonyl (C=O) groups excluding carboxylic acids is 1. The SMILES string of the molecule is CCN(CC(N)=O)c1ccc(N)c(OC)n1. The van der Waals surface area contributed by atoms with Gasteiger partial charge in [-0.15, -0.1) is 0 Å². The molecule has 0 unspecified atom stereocenters. The van der Waals surface area contributed by atoms with Crippen LogP contribution in [0.2, 0.25) is 0 Å². The lowest BCUT2D eigenvalue weighted by Crippen LogP contribution is -2.34. The Morgan fingerprint density at radius 1 is 1.56 bits per heavy atom. The quantitative estimate of drug-likeness (QED) is 0.733. The molecular weight excluding hydrogens is 208 g/mol. The minimum atomic E-state index is -0.403. The monoisotopic (exact) mass is 224 g/mol. The second kappa shape index (κ2) is 5.20. The van der Waals surface area contributed by atoms with Gasteiger partial charge < -0.3 is 21.1 Å². The van der Waals surface area contributed by atoms with E-state index in [0.717, 1.165) is 0 Å². The fourth-order valence-electron chi connectivity index (χ4n) is 1.32. The van der Waals surface area contributed by atoms with Crippen LogP contribution in [0.25, 0.3) is 0 Å². The minimum absolute atomic E-state index is 0.122. The van der Waals surface area contributed by atoms with Crippen LogP contribution in [0.15, 0.2) is 12.1 Å². The first-order chi connectivity index (χ1) is 7.58. The summed E-state index contributed by atoms with van der Waals surface area (Å²) in [6, 6.07) is 3.41. The first-order valence-corrected chi connectivity index (χ1v) is 4.92. The molecule has 0 atom stereocenters. The number of nitrogens with zero attached hydrogens (tertiary/aromatic N) is 2. The number of anilines is 2. The molecule has 0 saturated carbocycles. The largest absolute Gasteiger partial charge is 0.479 e. The van der Waals surface area contributed by atoms with E-state index < -0.39 is 5.91 Å². The van der Waals surface area contributed by atoms with Crippen molar-refractivity contribution in [1.29, 1.82) is 0 Å². The van der Waals surface area contributed by atoms with Crippen LogP contribution in [0.3, 0.4) is 0 Å². The van der Waals surface area contributed by atoms with Crippen LogP contribution < -0.4 is 21.1 Å². The van der Waals surface area contributed by atoms with Gasteiger partial charge in [-0.05, 0) is 19.1 Å². The molecule has 1 aromatic rings. The van der Waals surface area contributed by atoms with Gasteiger partial charge in [-0.3, -0.25) is 4.79 Å². The van der Waals surface area contributed by atoms with Gasteiger partial charge in [0, 0.05) is 6.54 Å². The Hall–Kier alpha value is -1.98. The molecule has 0 aliphatic rings. The Balaban J connectivity index is 2.96. The fraction of sp³-hybridized carbons (Fsp3) is 0.400. The number of likely N-dealkylation sites (N-methyl/N-ethyl adjacent to an activating group) is 1. The van der Waals surface area contributed by atoms with E-state index in [4.69, 9.17) is 16.2 Å². The van der Waals surface area contributed by atoms with E-state index in [1.165, 1.54) is 7.11 Å². The van der Waals surface area contributed by atoms with Crippen molar-refractivity contribution in [3.63, 3.8) is 0 Å². The van der Waals surface area contributed by atoms with E-state index in [1.54, 1.807) is 17.0 Å². The zero-order valence-electron chi connectivity index (χ0n) is 9.43. The maximum Gasteiger partial charge on any atom is 0.238 e. The van der Waals surface area contributed by atoms with Crippen molar-refractivity contribution in [3.05, 3.63) is 12.1 Å². The van der Waals surface area contributed by atoms with Crippen molar-refractivity contribution in [3.8, 4) is 5.88 Å². The van der Waals surface area contributed by atoms with E-state index in [0.29, 0.717) is 23.9 Å². The predicted molar refractivity (Wildman–Crippen MR) is 62.3 cm³/mol. The van der Waals surface area contributed by atoms with E-state index >= 15 is 0 Å². The summed E-state index contributed by atoms with van der Waals surface area (Å²) in [7, 11) is 1.49. The van der Waals surface area contributed by atoms with Gasteiger partial charge in [0.1, 0.15) is 5.82 Å². The molecule has 4 N–H and O–H groups in total. The van der Waals surface area contributed by atoms with Crippen LogP contribution >= 0.6 is 0 Å². The van der Waals surface area contributed by atoms with Crippen molar-refractivity contribution in [2.75, 3.05) is 30.8 Å². The van der Waals surface area contributed by atoms with Crippen LogP contribution in [0.4, 0.5) is 11.5 Å². The number of carbonyl (C=O) groups is 1. The number of pyridine rings is 1. The number of nitrogens with two attached hydrogens (primary N) is 2. The average Bonchev–Trinajstić information content (AvgIpc) is 2.26. The summed E-state index contributed by atoms with van der Waals surface area (Å²) in [6.07, 6.45) is 0. The third kappa shape index (κ3) is 2.75. The highest BCUT2D eigenvalue weighted by molar-refractivity contribution is 5.79. The summed E-state index contributed by atoms with van der Waals surface area (Å²) < 4.78 is 5.01. The summed E-state index contributed by atoms with van der Waals surface area (Å²) in [5.41, 5.74) is 11.2. The number of methoxy groups -OCH3 is 1. The van der Waals surface area contributed by atoms with Gasteiger partial charge >= 0.3 is 0 Å². The van der Waals surface area contributed by atoms with E-state index in [-0.39, 0.29) is 6.54 Å². The van der Waals surface area contributed by atoms with Crippen molar-refractivity contribution < 1.29 is 9.53 Å². The molecule has 0 spiro atoms. The number of rotatable bonds is 5. The summed E-state index contributed by atoms with van der Waals surface area (Å²) in [4.78, 5) is 16.8. The van der Waals surface area contributed by atoms with E-state index in [2.05, 4.69) is 4.98 Å². The molecule has 6 heteroatoms. The smallest absolute Gasteiger partial charge is 0.238 e.